The lowest BCUT2D eigenvalue weighted by Gasteiger charge is -2.10. The molecule has 0 aliphatic carbocycles. The quantitative estimate of drug-likeness (QED) is 0.757. The lowest BCUT2D eigenvalue weighted by molar-refractivity contribution is -0.119. The number of rotatable bonds is 6. The number of amides is 1. The van der Waals surface area contributed by atoms with Crippen LogP contribution in [-0.4, -0.2) is 32.7 Å². The number of carbonyl (C=O) groups excluding carboxylic acids is 2. The normalized spacial score (nSPS) is 11.3. The van der Waals surface area contributed by atoms with Crippen molar-refractivity contribution in [3.8, 4) is 0 Å². The van der Waals surface area contributed by atoms with E-state index in [2.05, 4.69) is 5.32 Å². The van der Waals surface area contributed by atoms with Crippen LogP contribution in [0.5, 0.6) is 0 Å². The molecule has 0 aromatic heterocycles. The molecule has 0 radical (unpaired) electrons. The van der Waals surface area contributed by atoms with Crippen molar-refractivity contribution in [1.29, 1.82) is 0 Å². The highest BCUT2D eigenvalue weighted by Crippen LogP contribution is 2.19. The van der Waals surface area contributed by atoms with Gasteiger partial charge in [-0.2, -0.15) is 8.78 Å². The van der Waals surface area contributed by atoms with E-state index < -0.39 is 39.0 Å². The van der Waals surface area contributed by atoms with E-state index in [1.807, 2.05) is 26.0 Å². The zero-order valence-electron chi connectivity index (χ0n) is 14.5. The summed E-state index contributed by atoms with van der Waals surface area (Å²) in [5.74, 6) is -4.98. The number of aryl methyl sites for hydroxylation is 2. The summed E-state index contributed by atoms with van der Waals surface area (Å²) < 4.78 is 52.5. The Balaban J connectivity index is 1.97. The van der Waals surface area contributed by atoms with E-state index in [9.17, 15) is 26.8 Å². The molecule has 0 spiro atoms. The van der Waals surface area contributed by atoms with Gasteiger partial charge in [0.25, 0.3) is 5.91 Å². The summed E-state index contributed by atoms with van der Waals surface area (Å²) >= 11 is 0. The van der Waals surface area contributed by atoms with Crippen molar-refractivity contribution in [2.45, 2.75) is 24.5 Å². The Morgan fingerprint density at radius 1 is 1.07 bits per heavy atom. The molecule has 6 nitrogen and oxygen atoms in total. The van der Waals surface area contributed by atoms with E-state index in [0.29, 0.717) is 5.69 Å². The summed E-state index contributed by atoms with van der Waals surface area (Å²) in [5.41, 5.74) is 2.32. The summed E-state index contributed by atoms with van der Waals surface area (Å²) in [6, 6.07) is 9.36. The number of hydrogen-bond donors (Lipinski definition) is 1. The number of sulfone groups is 1. The van der Waals surface area contributed by atoms with E-state index >= 15 is 0 Å². The lowest BCUT2D eigenvalue weighted by Crippen LogP contribution is -2.21. The number of benzene rings is 2. The second-order valence-electron chi connectivity index (χ2n) is 5.77. The Bertz CT molecular complexity index is 956. The van der Waals surface area contributed by atoms with Crippen molar-refractivity contribution < 1.29 is 31.5 Å². The smallest absolute Gasteiger partial charge is 0.341 e. The zero-order chi connectivity index (χ0) is 20.2. The molecule has 0 heterocycles. The van der Waals surface area contributed by atoms with Crippen LogP contribution in [0.15, 0.2) is 47.4 Å². The highest BCUT2D eigenvalue weighted by molar-refractivity contribution is 7.91. The first-order chi connectivity index (χ1) is 12.6. The van der Waals surface area contributed by atoms with Crippen LogP contribution >= 0.6 is 0 Å². The van der Waals surface area contributed by atoms with E-state index in [0.717, 1.165) is 35.4 Å². The predicted molar refractivity (Wildman–Crippen MR) is 94.5 cm³/mol. The molecule has 0 fully saturated rings. The van der Waals surface area contributed by atoms with Gasteiger partial charge in [0.2, 0.25) is 9.84 Å². The van der Waals surface area contributed by atoms with Gasteiger partial charge in [-0.15, -0.1) is 0 Å². The minimum atomic E-state index is -4.74. The highest BCUT2D eigenvalue weighted by Gasteiger charge is 2.26. The van der Waals surface area contributed by atoms with Crippen LogP contribution in [0.3, 0.4) is 0 Å². The fourth-order valence-corrected chi connectivity index (χ4v) is 2.88. The molecule has 9 heteroatoms. The van der Waals surface area contributed by atoms with E-state index in [-0.39, 0.29) is 5.56 Å². The third-order valence-electron chi connectivity index (χ3n) is 3.65. The molecular formula is C18H17F2NO5S. The van der Waals surface area contributed by atoms with Gasteiger partial charge in [0.1, 0.15) is 0 Å². The molecule has 27 heavy (non-hydrogen) atoms. The van der Waals surface area contributed by atoms with Gasteiger partial charge in [-0.1, -0.05) is 12.1 Å². The fourth-order valence-electron chi connectivity index (χ4n) is 2.15. The van der Waals surface area contributed by atoms with Gasteiger partial charge in [0.15, 0.2) is 6.61 Å². The first-order valence-corrected chi connectivity index (χ1v) is 9.32. The monoisotopic (exact) mass is 397 g/mol. The first-order valence-electron chi connectivity index (χ1n) is 7.77. The Kier molecular flexibility index (Phi) is 6.27. The van der Waals surface area contributed by atoms with Crippen molar-refractivity contribution in [3.05, 3.63) is 59.2 Å². The van der Waals surface area contributed by atoms with Gasteiger partial charge in [-0.3, -0.25) is 4.79 Å². The number of hydrogen-bond acceptors (Lipinski definition) is 5. The van der Waals surface area contributed by atoms with Crippen molar-refractivity contribution in [3.63, 3.8) is 0 Å². The van der Waals surface area contributed by atoms with Crippen molar-refractivity contribution in [2.75, 3.05) is 11.9 Å². The second-order valence-corrected chi connectivity index (χ2v) is 7.69. The average molecular weight is 397 g/mol. The SMILES string of the molecule is Cc1ccc(C)c(NC(=O)COC(=O)c2ccc(S(=O)(=O)C(F)F)cc2)c1. The molecule has 0 aliphatic rings. The standard InChI is InChI=1S/C18H17F2NO5S/c1-11-3-4-12(2)15(9-11)21-16(22)10-26-17(23)13-5-7-14(8-6-13)27(24,25)18(19)20/h3-9,18H,10H2,1-2H3,(H,21,22). The topological polar surface area (TPSA) is 89.5 Å². The van der Waals surface area contributed by atoms with Gasteiger partial charge in [-0.05, 0) is 55.3 Å². The van der Waals surface area contributed by atoms with Gasteiger partial charge in [-0.25, -0.2) is 13.2 Å². The summed E-state index contributed by atoms with van der Waals surface area (Å²) in [6.07, 6.45) is 0. The molecule has 144 valence electrons. The van der Waals surface area contributed by atoms with E-state index in [1.54, 1.807) is 6.07 Å². The minimum Gasteiger partial charge on any atom is -0.452 e. The predicted octanol–water partition coefficient (Wildman–Crippen LogP) is 3.10. The number of ether oxygens (including phenoxy) is 1. The maximum Gasteiger partial charge on any atom is 0.341 e. The average Bonchev–Trinajstić information content (AvgIpc) is 2.62. The Hall–Kier alpha value is -2.81. The molecule has 2 rings (SSSR count). The molecule has 0 atom stereocenters. The zero-order valence-corrected chi connectivity index (χ0v) is 15.3. The molecule has 1 N–H and O–H groups in total. The maximum absolute atomic E-state index is 12.5. The third kappa shape index (κ3) is 5.10. The molecule has 0 unspecified atom stereocenters. The summed E-state index contributed by atoms with van der Waals surface area (Å²) in [7, 11) is -4.74. The number of anilines is 1. The van der Waals surface area contributed by atoms with Crippen molar-refractivity contribution in [1.82, 2.24) is 0 Å². The van der Waals surface area contributed by atoms with Crippen LogP contribution in [0.1, 0.15) is 21.5 Å². The molecule has 2 aromatic carbocycles. The van der Waals surface area contributed by atoms with Crippen LogP contribution < -0.4 is 5.32 Å². The van der Waals surface area contributed by atoms with Crippen LogP contribution in [0.25, 0.3) is 0 Å². The molecular weight excluding hydrogens is 380 g/mol. The molecule has 0 aliphatic heterocycles. The van der Waals surface area contributed by atoms with Crippen molar-refractivity contribution in [2.24, 2.45) is 0 Å². The van der Waals surface area contributed by atoms with Crippen LogP contribution in [0, 0.1) is 13.8 Å². The van der Waals surface area contributed by atoms with E-state index in [4.69, 9.17) is 4.74 Å². The Morgan fingerprint density at radius 2 is 1.70 bits per heavy atom. The Morgan fingerprint density at radius 3 is 2.30 bits per heavy atom. The molecule has 0 bridgehead atoms. The Labute approximate surface area is 155 Å². The van der Waals surface area contributed by atoms with Crippen LogP contribution in [0.4, 0.5) is 14.5 Å². The first kappa shape index (κ1) is 20.5. The van der Waals surface area contributed by atoms with Gasteiger partial charge >= 0.3 is 11.7 Å². The largest absolute Gasteiger partial charge is 0.452 e. The second kappa shape index (κ2) is 8.26. The summed E-state index contributed by atoms with van der Waals surface area (Å²) in [6.45, 7) is 3.13. The summed E-state index contributed by atoms with van der Waals surface area (Å²) in [4.78, 5) is 23.2. The van der Waals surface area contributed by atoms with Crippen LogP contribution in [0.2, 0.25) is 0 Å². The highest BCUT2D eigenvalue weighted by atomic mass is 32.2. The number of nitrogens with one attached hydrogen (secondary N) is 1. The number of carbonyl (C=O) groups is 2. The number of halogens is 2. The summed E-state index contributed by atoms with van der Waals surface area (Å²) in [5, 5.41) is 2.62. The van der Waals surface area contributed by atoms with Crippen LogP contribution in [-0.2, 0) is 19.4 Å². The van der Waals surface area contributed by atoms with Gasteiger partial charge < -0.3 is 10.1 Å². The third-order valence-corrected chi connectivity index (χ3v) is 5.05. The molecule has 0 saturated carbocycles. The maximum atomic E-state index is 12.5. The minimum absolute atomic E-state index is 0.0669. The van der Waals surface area contributed by atoms with Crippen molar-refractivity contribution >= 4 is 27.4 Å². The lowest BCUT2D eigenvalue weighted by atomic mass is 10.1. The molecule has 1 amide bonds. The van der Waals surface area contributed by atoms with E-state index in [1.165, 1.54) is 0 Å². The number of alkyl halides is 2. The number of esters is 1. The van der Waals surface area contributed by atoms with Gasteiger partial charge in [0, 0.05) is 5.69 Å². The fraction of sp³-hybridized carbons (Fsp3) is 0.222. The molecule has 0 saturated heterocycles. The molecule has 2 aromatic rings. The van der Waals surface area contributed by atoms with Gasteiger partial charge in [0.05, 0.1) is 10.5 Å².